The van der Waals surface area contributed by atoms with Crippen molar-refractivity contribution in [1.29, 1.82) is 0 Å². The molecule has 0 rings (SSSR count). The molecule has 0 aliphatic rings. The van der Waals surface area contributed by atoms with Crippen LogP contribution in [-0.4, -0.2) is 29.6 Å². The van der Waals surface area contributed by atoms with E-state index in [1.807, 2.05) is 0 Å². The Kier molecular flexibility index (Phi) is 3.07. The molecule has 0 amide bonds. The van der Waals surface area contributed by atoms with Crippen molar-refractivity contribution in [3.63, 3.8) is 0 Å². The maximum atomic E-state index is 11.3. The van der Waals surface area contributed by atoms with E-state index in [4.69, 9.17) is 0 Å². The fourth-order valence-corrected chi connectivity index (χ4v) is 1.36. The van der Waals surface area contributed by atoms with Crippen molar-refractivity contribution in [2.75, 3.05) is 0 Å². The Morgan fingerprint density at radius 3 is 0.667 bits per heavy atom. The molecule has 0 N–H and O–H groups in total. The Labute approximate surface area is 98.2 Å². The molecule has 15 heavy (non-hydrogen) atoms. The first-order valence-corrected chi connectivity index (χ1v) is 9.53. The fourth-order valence-electron chi connectivity index (χ4n) is 0.167. The second-order valence-corrected chi connectivity index (χ2v) is 14.2. The maximum absolute atomic E-state index is 11.3. The summed E-state index contributed by atoms with van der Waals surface area (Å²) in [5.41, 5.74) is 0. The molecule has 0 saturated carbocycles. The van der Waals surface area contributed by atoms with Gasteiger partial charge in [-0.2, -0.15) is 0 Å². The number of rotatable bonds is 6. The predicted molar refractivity (Wildman–Crippen MR) is 41.2 cm³/mol. The van der Waals surface area contributed by atoms with Crippen LogP contribution in [0.4, 0.5) is 0 Å². The molecule has 1 radical (unpaired) electrons. The molecule has 0 aromatic carbocycles. The molecule has 0 aromatic rings. The summed E-state index contributed by atoms with van der Waals surface area (Å²) < 4.78 is 17.2. The number of hydrogen-bond donors (Lipinski definition) is 0. The Hall–Kier alpha value is -0.951. The molecule has 0 saturated heterocycles. The summed E-state index contributed by atoms with van der Waals surface area (Å²) in [4.78, 5) is 60.0. The van der Waals surface area contributed by atoms with Crippen molar-refractivity contribution >= 4 is 29.6 Å². The molecular formula is IrN6NaO7. The molecule has 0 fully saturated rings. The third-order valence-corrected chi connectivity index (χ3v) is 7.90. The minimum absolute atomic E-state index is 0. The van der Waals surface area contributed by atoms with E-state index in [0.717, 1.165) is 23.1 Å². The Morgan fingerprint density at radius 2 is 0.667 bits per heavy atom. The van der Waals surface area contributed by atoms with Gasteiger partial charge >= 0.3 is 69.1 Å². The second kappa shape index (κ2) is 2.79. The van der Waals surface area contributed by atoms with Crippen LogP contribution in [0.3, 0.4) is 0 Å². The largest absolute Gasteiger partial charge is 0 e. The molecule has 0 aliphatic carbocycles. The van der Waals surface area contributed by atoms with E-state index in [2.05, 4.69) is 0 Å². The molecule has 0 atom stereocenters. The predicted octanol–water partition coefficient (Wildman–Crippen LogP) is 0.800. The number of nitrogens with zero attached hydrogens (tertiary/aromatic N) is 6. The van der Waals surface area contributed by atoms with Crippen LogP contribution in [0.2, 0.25) is 0 Å². The van der Waals surface area contributed by atoms with Gasteiger partial charge in [0.2, 0.25) is 0 Å². The molecular weight excluding hydrogens is 411 g/mol. The third kappa shape index (κ3) is 1.30. The van der Waals surface area contributed by atoms with Crippen LogP contribution in [-0.2, 0) is 16.6 Å². The first-order chi connectivity index (χ1) is 6.22. The van der Waals surface area contributed by atoms with Crippen LogP contribution in [0.1, 0.15) is 0 Å². The van der Waals surface area contributed by atoms with Gasteiger partial charge in [0.15, 0.2) is 0 Å². The summed E-state index contributed by atoms with van der Waals surface area (Å²) in [6.07, 6.45) is 0. The van der Waals surface area contributed by atoms with E-state index in [1.54, 1.807) is 0 Å². The van der Waals surface area contributed by atoms with Crippen LogP contribution >= 0.6 is 0 Å². The first-order valence-electron chi connectivity index (χ1n) is 2.13. The summed E-state index contributed by atoms with van der Waals surface area (Å²) >= 11 is -9.94. The van der Waals surface area contributed by atoms with Crippen LogP contribution in [0.5, 0.6) is 0 Å². The first kappa shape index (κ1) is 16.5. The minimum Gasteiger partial charge on any atom is 0 e. The van der Waals surface area contributed by atoms with Crippen molar-refractivity contribution in [3.8, 4) is 0 Å². The minimum atomic E-state index is -9.94. The second-order valence-electron chi connectivity index (χ2n) is 1.73. The Balaban J connectivity index is 0. The summed E-state index contributed by atoms with van der Waals surface area (Å²) in [5, 5.41) is 0. The van der Waals surface area contributed by atoms with Gasteiger partial charge in [-0.1, -0.05) is 0 Å². The Bertz CT molecular complexity index is 371. The molecule has 15 heteroatoms. The van der Waals surface area contributed by atoms with Crippen LogP contribution in [0, 0.1) is 29.4 Å². The zero-order valence-corrected chi connectivity index (χ0v) is 11.3. The smallest absolute Gasteiger partial charge is 0 e. The van der Waals surface area contributed by atoms with Crippen LogP contribution in [0.25, 0.3) is 0 Å². The van der Waals surface area contributed by atoms with Crippen molar-refractivity contribution in [1.82, 2.24) is 0 Å². The summed E-state index contributed by atoms with van der Waals surface area (Å²) in [6, 6.07) is 0. The van der Waals surface area contributed by atoms with Gasteiger partial charge < -0.3 is 0 Å². The van der Waals surface area contributed by atoms with E-state index in [9.17, 15) is 32.9 Å². The van der Waals surface area contributed by atoms with Crippen molar-refractivity contribution in [3.05, 3.63) is 29.4 Å². The van der Waals surface area contributed by atoms with E-state index in [-0.39, 0.29) is 29.6 Å². The third-order valence-electron chi connectivity index (χ3n) is 0.966. The molecule has 82 valence electrons. The molecule has 0 bridgehead atoms. The quantitative estimate of drug-likeness (QED) is 0.455. The van der Waals surface area contributed by atoms with Crippen molar-refractivity contribution in [2.45, 2.75) is 0 Å². The van der Waals surface area contributed by atoms with Gasteiger partial charge in [-0.15, -0.1) is 0 Å². The Morgan fingerprint density at radius 1 is 0.533 bits per heavy atom. The van der Waals surface area contributed by atoms with Gasteiger partial charge in [0, 0.05) is 29.6 Å². The van der Waals surface area contributed by atoms with Crippen molar-refractivity contribution < 1.29 is 16.6 Å². The van der Waals surface area contributed by atoms with Gasteiger partial charge in [-0.25, -0.2) is 0 Å². The average molecular weight is 411 g/mol. The van der Waals surface area contributed by atoms with Crippen LogP contribution in [0.15, 0.2) is 23.1 Å². The van der Waals surface area contributed by atoms with E-state index in [1.165, 1.54) is 0 Å². The van der Waals surface area contributed by atoms with E-state index < -0.39 is 13.1 Å². The summed E-state index contributed by atoms with van der Waals surface area (Å²) in [5.74, 6) is 0. The van der Waals surface area contributed by atoms with E-state index >= 15 is 0 Å². The molecule has 13 nitrogen and oxygen atoms in total. The number of nitroso groups, excluding NO2 is 6. The molecule has 0 heterocycles. The molecule has 0 aromatic heterocycles. The van der Waals surface area contributed by atoms with E-state index in [0.29, 0.717) is 0 Å². The normalized spacial score (nSPS) is 17.2. The van der Waals surface area contributed by atoms with Gasteiger partial charge in [0.25, 0.3) is 0 Å². The molecule has 0 spiro atoms. The zero-order chi connectivity index (χ0) is 11.6. The van der Waals surface area contributed by atoms with Gasteiger partial charge in [0.05, 0.1) is 0 Å². The van der Waals surface area contributed by atoms with Gasteiger partial charge in [-0.05, 0) is 0 Å². The standard InChI is InChI=1S/Ir.6NO.Na.O/c;6*1-2;;/q+6;6*-1;;. The van der Waals surface area contributed by atoms with Gasteiger partial charge in [0.1, 0.15) is 0 Å². The SMILES string of the molecule is O=[N][Ir](=[O])([N]=O)([N]=O)([N]=O)([N]=O)[N]=O.[Na]. The monoisotopic (exact) mass is 412 g/mol. The topological polar surface area (TPSA) is 194 Å². The van der Waals surface area contributed by atoms with Crippen molar-refractivity contribution in [2.24, 2.45) is 23.1 Å². The summed E-state index contributed by atoms with van der Waals surface area (Å²) in [6.45, 7) is 0. The number of hydrogen-bond acceptors (Lipinski definition) is 7. The summed E-state index contributed by atoms with van der Waals surface area (Å²) in [7, 11) is 0. The van der Waals surface area contributed by atoms with Gasteiger partial charge in [-0.3, -0.25) is 0 Å². The molecule has 0 unspecified atom stereocenters. The zero-order valence-electron chi connectivity index (χ0n) is 6.87. The maximum Gasteiger partial charge on any atom is 0 e. The molecule has 0 aliphatic heterocycles. The fraction of sp³-hybridized carbons (Fsp3) is 0. The average Bonchev–Trinajstić information content (AvgIpc) is 2.31. The van der Waals surface area contributed by atoms with Crippen LogP contribution < -0.4 is 0 Å².